The zero-order valence-electron chi connectivity index (χ0n) is 13.8. The lowest BCUT2D eigenvalue weighted by Gasteiger charge is -2.48. The van der Waals surface area contributed by atoms with Gasteiger partial charge in [0.15, 0.2) is 0 Å². The van der Waals surface area contributed by atoms with Crippen molar-refractivity contribution in [1.82, 2.24) is 14.5 Å². The maximum absolute atomic E-state index is 5.20. The van der Waals surface area contributed by atoms with Gasteiger partial charge in [0.2, 0.25) is 5.96 Å². The molecule has 1 aromatic heterocycles. The summed E-state index contributed by atoms with van der Waals surface area (Å²) < 4.78 is 2.42. The summed E-state index contributed by atoms with van der Waals surface area (Å²) in [6.45, 7) is 4.35. The first-order valence-corrected chi connectivity index (χ1v) is 9.18. The Labute approximate surface area is 132 Å². The van der Waals surface area contributed by atoms with Crippen molar-refractivity contribution in [3.05, 3.63) is 17.2 Å². The van der Waals surface area contributed by atoms with Crippen molar-refractivity contribution in [3.63, 3.8) is 0 Å². The predicted octanol–water partition coefficient (Wildman–Crippen LogP) is 3.37. The van der Waals surface area contributed by atoms with Crippen LogP contribution in [-0.4, -0.2) is 38.5 Å². The highest BCUT2D eigenvalue weighted by Gasteiger charge is 2.49. The van der Waals surface area contributed by atoms with Crippen LogP contribution in [0.1, 0.15) is 74.5 Å². The fraction of sp³-hybridized carbons (Fsp3) is 0.778. The van der Waals surface area contributed by atoms with Gasteiger partial charge < -0.3 is 4.90 Å². The lowest BCUT2D eigenvalue weighted by molar-refractivity contribution is 0.131. The lowest BCUT2D eigenvalue weighted by atomic mass is 9.78. The number of hydrogen-bond acceptors (Lipinski definition) is 3. The number of aromatic nitrogens is 2. The summed E-state index contributed by atoms with van der Waals surface area (Å²) in [7, 11) is 0. The van der Waals surface area contributed by atoms with Gasteiger partial charge >= 0.3 is 0 Å². The second-order valence-corrected chi connectivity index (χ2v) is 7.68. The molecule has 1 aromatic rings. The van der Waals surface area contributed by atoms with Gasteiger partial charge in [-0.1, -0.05) is 25.7 Å². The van der Waals surface area contributed by atoms with Crippen LogP contribution in [0, 0.1) is 13.8 Å². The molecule has 4 nitrogen and oxygen atoms in total. The summed E-state index contributed by atoms with van der Waals surface area (Å²) >= 11 is 0. The molecular formula is C18H26N4. The zero-order chi connectivity index (χ0) is 14.8. The highest BCUT2D eigenvalue weighted by molar-refractivity contribution is 5.88. The van der Waals surface area contributed by atoms with Crippen molar-refractivity contribution in [2.45, 2.75) is 89.3 Å². The molecule has 22 heavy (non-hydrogen) atoms. The molecular weight excluding hydrogens is 272 g/mol. The number of nitrogens with zero attached hydrogens (tertiary/aromatic N) is 4. The minimum Gasteiger partial charge on any atom is -0.333 e. The first-order valence-electron chi connectivity index (χ1n) is 9.18. The van der Waals surface area contributed by atoms with E-state index in [0.717, 1.165) is 5.82 Å². The molecule has 2 aliphatic heterocycles. The monoisotopic (exact) mass is 298 g/mol. The average Bonchev–Trinajstić information content (AvgIpc) is 3.05. The molecule has 0 saturated heterocycles. The summed E-state index contributed by atoms with van der Waals surface area (Å²) in [6.07, 6.45) is 10.8. The molecule has 2 saturated carbocycles. The third kappa shape index (κ3) is 1.59. The van der Waals surface area contributed by atoms with E-state index in [1.807, 2.05) is 0 Å². The van der Waals surface area contributed by atoms with Crippen LogP contribution < -0.4 is 0 Å². The smallest absolute Gasteiger partial charge is 0.207 e. The van der Waals surface area contributed by atoms with E-state index < -0.39 is 0 Å². The Morgan fingerprint density at radius 3 is 2.50 bits per heavy atom. The Morgan fingerprint density at radius 2 is 1.64 bits per heavy atom. The normalized spacial score (nSPS) is 36.3. The molecule has 0 N–H and O–H groups in total. The SMILES string of the molecule is Cc1nc(C)n2c1C1CCCCC1N1C2=NC2CCCCC21. The van der Waals surface area contributed by atoms with Crippen LogP contribution >= 0.6 is 0 Å². The van der Waals surface area contributed by atoms with Gasteiger partial charge in [0.1, 0.15) is 5.82 Å². The van der Waals surface area contributed by atoms with Crippen molar-refractivity contribution in [2.24, 2.45) is 4.99 Å². The number of hydrogen-bond donors (Lipinski definition) is 0. The first kappa shape index (κ1) is 13.1. The number of imidazole rings is 1. The van der Waals surface area contributed by atoms with Gasteiger partial charge in [-0.15, -0.1) is 0 Å². The summed E-state index contributed by atoms with van der Waals surface area (Å²) in [5.74, 6) is 3.06. The molecule has 4 unspecified atom stereocenters. The van der Waals surface area contributed by atoms with E-state index in [0.29, 0.717) is 24.0 Å². The number of rotatable bonds is 0. The van der Waals surface area contributed by atoms with Gasteiger partial charge in [-0.3, -0.25) is 4.57 Å². The van der Waals surface area contributed by atoms with E-state index in [2.05, 4.69) is 23.3 Å². The molecule has 0 aromatic carbocycles. The molecule has 4 heteroatoms. The maximum atomic E-state index is 5.20. The highest BCUT2D eigenvalue weighted by atomic mass is 15.4. The Kier molecular flexibility index (Phi) is 2.74. The molecule has 4 atom stereocenters. The van der Waals surface area contributed by atoms with E-state index in [4.69, 9.17) is 9.98 Å². The minimum atomic E-state index is 0.541. The molecule has 2 fully saturated rings. The van der Waals surface area contributed by atoms with Gasteiger partial charge in [-0.05, 0) is 39.5 Å². The highest BCUT2D eigenvalue weighted by Crippen LogP contribution is 2.46. The van der Waals surface area contributed by atoms with Crippen molar-refractivity contribution in [3.8, 4) is 0 Å². The number of fused-ring (bicyclic) bond motifs is 8. The molecule has 4 aliphatic rings. The maximum Gasteiger partial charge on any atom is 0.207 e. The largest absolute Gasteiger partial charge is 0.333 e. The average molecular weight is 298 g/mol. The van der Waals surface area contributed by atoms with E-state index in [9.17, 15) is 0 Å². The van der Waals surface area contributed by atoms with E-state index in [-0.39, 0.29) is 0 Å². The summed E-state index contributed by atoms with van der Waals surface area (Å²) in [5.41, 5.74) is 2.72. The van der Waals surface area contributed by atoms with Crippen LogP contribution in [-0.2, 0) is 0 Å². The summed E-state index contributed by atoms with van der Waals surface area (Å²) in [4.78, 5) is 12.8. The van der Waals surface area contributed by atoms with Crippen LogP contribution in [0.25, 0.3) is 0 Å². The fourth-order valence-corrected chi connectivity index (χ4v) is 5.63. The summed E-state index contributed by atoms with van der Waals surface area (Å²) in [5, 5.41) is 0. The molecule has 0 amide bonds. The molecule has 3 heterocycles. The van der Waals surface area contributed by atoms with Crippen molar-refractivity contribution in [1.29, 1.82) is 0 Å². The lowest BCUT2D eigenvalue weighted by Crippen LogP contribution is -2.56. The van der Waals surface area contributed by atoms with Gasteiger partial charge in [0.25, 0.3) is 0 Å². The quantitative estimate of drug-likeness (QED) is 0.736. The van der Waals surface area contributed by atoms with Gasteiger partial charge in [-0.25, -0.2) is 9.98 Å². The predicted molar refractivity (Wildman–Crippen MR) is 87.4 cm³/mol. The second kappa shape index (κ2) is 4.59. The number of aliphatic imine (C=N–C) groups is 1. The Balaban J connectivity index is 1.70. The van der Waals surface area contributed by atoms with Crippen LogP contribution in [0.15, 0.2) is 4.99 Å². The molecule has 5 rings (SSSR count). The third-order valence-electron chi connectivity index (χ3n) is 6.47. The topological polar surface area (TPSA) is 33.4 Å². The number of aryl methyl sites for hydroxylation is 2. The van der Waals surface area contributed by atoms with E-state index in [1.165, 1.54) is 68.7 Å². The Morgan fingerprint density at radius 1 is 0.909 bits per heavy atom. The molecule has 118 valence electrons. The van der Waals surface area contributed by atoms with Gasteiger partial charge in [0.05, 0.1) is 23.5 Å². The van der Waals surface area contributed by atoms with Crippen LogP contribution in [0.2, 0.25) is 0 Å². The summed E-state index contributed by atoms with van der Waals surface area (Å²) in [6, 6.07) is 1.90. The molecule has 0 bridgehead atoms. The standard InChI is InChI=1S/C18H26N4/c1-11-17-13-7-3-5-9-15(13)22-16-10-6-4-8-14(16)20-18(22)21(17)12(2)19-11/h13-16H,3-10H2,1-2H3. The van der Waals surface area contributed by atoms with E-state index >= 15 is 0 Å². The van der Waals surface area contributed by atoms with E-state index in [1.54, 1.807) is 0 Å². The zero-order valence-corrected chi connectivity index (χ0v) is 13.8. The molecule has 0 spiro atoms. The fourth-order valence-electron chi connectivity index (χ4n) is 5.63. The van der Waals surface area contributed by atoms with Gasteiger partial charge in [-0.2, -0.15) is 0 Å². The minimum absolute atomic E-state index is 0.541. The molecule has 0 radical (unpaired) electrons. The van der Waals surface area contributed by atoms with Crippen molar-refractivity contribution >= 4 is 5.96 Å². The van der Waals surface area contributed by atoms with Crippen molar-refractivity contribution in [2.75, 3.05) is 0 Å². The Hall–Kier alpha value is -1.32. The van der Waals surface area contributed by atoms with Gasteiger partial charge in [0, 0.05) is 12.0 Å². The van der Waals surface area contributed by atoms with Crippen LogP contribution in [0.3, 0.4) is 0 Å². The Bertz CT molecular complexity index is 644. The van der Waals surface area contributed by atoms with Crippen LogP contribution in [0.4, 0.5) is 0 Å². The van der Waals surface area contributed by atoms with Crippen molar-refractivity contribution < 1.29 is 0 Å². The second-order valence-electron chi connectivity index (χ2n) is 7.68. The van der Waals surface area contributed by atoms with Crippen LogP contribution in [0.5, 0.6) is 0 Å². The first-order chi connectivity index (χ1) is 10.8. The molecule has 2 aliphatic carbocycles. The third-order valence-corrected chi connectivity index (χ3v) is 6.47.